The summed E-state index contributed by atoms with van der Waals surface area (Å²) in [5.41, 5.74) is 0. The fraction of sp³-hybridized carbons (Fsp3) is 0.769. The zero-order chi connectivity index (χ0) is 22.3. The van der Waals surface area contributed by atoms with Gasteiger partial charge in [-0.05, 0) is 68.4 Å². The van der Waals surface area contributed by atoms with Crippen molar-refractivity contribution in [3.05, 3.63) is 23.8 Å². The van der Waals surface area contributed by atoms with Crippen LogP contribution in [-0.2, 0) is 9.47 Å². The summed E-state index contributed by atoms with van der Waals surface area (Å²) >= 11 is 0. The van der Waals surface area contributed by atoms with Crippen molar-refractivity contribution in [1.82, 2.24) is 0 Å². The Labute approximate surface area is 190 Å². The first kappa shape index (κ1) is 23.7. The van der Waals surface area contributed by atoms with Crippen LogP contribution in [0.2, 0.25) is 0 Å². The molecule has 4 nitrogen and oxygen atoms in total. The molecule has 0 unspecified atom stereocenters. The van der Waals surface area contributed by atoms with E-state index in [1.54, 1.807) is 0 Å². The molecule has 0 atom stereocenters. The lowest BCUT2D eigenvalue weighted by Crippen LogP contribution is -2.28. The maximum Gasteiger partial charge on any atom is 0.204 e. The van der Waals surface area contributed by atoms with Crippen LogP contribution in [0.1, 0.15) is 71.1 Å². The fourth-order valence-corrected chi connectivity index (χ4v) is 5.52. The number of halogens is 2. The van der Waals surface area contributed by atoms with E-state index >= 15 is 0 Å². The van der Waals surface area contributed by atoms with Gasteiger partial charge in [-0.1, -0.05) is 32.6 Å². The van der Waals surface area contributed by atoms with Crippen LogP contribution in [0, 0.1) is 35.3 Å². The Morgan fingerprint density at radius 2 is 1.22 bits per heavy atom. The topological polar surface area (TPSA) is 36.9 Å². The third kappa shape index (κ3) is 6.13. The number of rotatable bonds is 9. The highest BCUT2D eigenvalue weighted by Gasteiger charge is 2.31. The lowest BCUT2D eigenvalue weighted by atomic mass is 9.80. The minimum Gasteiger partial charge on any atom is -0.490 e. The highest BCUT2D eigenvalue weighted by Crippen LogP contribution is 2.36. The normalized spacial score (nSPS) is 29.2. The fourth-order valence-electron chi connectivity index (χ4n) is 5.52. The number of ether oxygens (including phenoxy) is 4. The second kappa shape index (κ2) is 11.6. The van der Waals surface area contributed by atoms with Crippen molar-refractivity contribution in [2.75, 3.05) is 26.4 Å². The lowest BCUT2D eigenvalue weighted by molar-refractivity contribution is -0.0960. The summed E-state index contributed by atoms with van der Waals surface area (Å²) in [5, 5.41) is 0. The minimum absolute atomic E-state index is 0.0115. The Kier molecular flexibility index (Phi) is 8.64. The molecule has 32 heavy (non-hydrogen) atoms. The zero-order valence-electron chi connectivity index (χ0n) is 19.3. The predicted octanol–water partition coefficient (Wildman–Crippen LogP) is 6.51. The average molecular weight is 453 g/mol. The smallest absolute Gasteiger partial charge is 0.204 e. The molecule has 1 saturated heterocycles. The largest absolute Gasteiger partial charge is 0.490 e. The van der Waals surface area contributed by atoms with E-state index < -0.39 is 11.6 Å². The molecule has 0 radical (unpaired) electrons. The van der Waals surface area contributed by atoms with Gasteiger partial charge in [0.1, 0.15) is 0 Å². The Bertz CT molecular complexity index is 706. The van der Waals surface area contributed by atoms with Crippen molar-refractivity contribution >= 4 is 0 Å². The molecular weight excluding hydrogens is 414 g/mol. The van der Waals surface area contributed by atoms with Gasteiger partial charge in [0, 0.05) is 5.92 Å². The van der Waals surface area contributed by atoms with Gasteiger partial charge in [-0.3, -0.25) is 0 Å². The predicted molar refractivity (Wildman–Crippen MR) is 119 cm³/mol. The summed E-state index contributed by atoms with van der Waals surface area (Å²) < 4.78 is 51.7. The van der Waals surface area contributed by atoms with Gasteiger partial charge in [-0.2, -0.15) is 8.78 Å². The van der Waals surface area contributed by atoms with E-state index in [0.717, 1.165) is 44.4 Å². The minimum atomic E-state index is -0.949. The van der Waals surface area contributed by atoms with Crippen molar-refractivity contribution < 1.29 is 27.7 Å². The van der Waals surface area contributed by atoms with Crippen LogP contribution in [0.3, 0.4) is 0 Å². The molecule has 0 spiro atoms. The summed E-state index contributed by atoms with van der Waals surface area (Å²) in [7, 11) is 0. The quantitative estimate of drug-likeness (QED) is 0.428. The zero-order valence-corrected chi connectivity index (χ0v) is 19.3. The average Bonchev–Trinajstić information content (AvgIpc) is 3.36. The SMILES string of the molecule is CCCC1CCC(COc2ccc(OCC3CCC(C4OCCO4)CC3)c(F)c2F)CC1. The Hall–Kier alpha value is -1.40. The number of hydrogen-bond donors (Lipinski definition) is 0. The third-order valence-electron chi connectivity index (χ3n) is 7.55. The number of benzene rings is 1. The van der Waals surface area contributed by atoms with Crippen molar-refractivity contribution in [1.29, 1.82) is 0 Å². The van der Waals surface area contributed by atoms with Crippen molar-refractivity contribution in [2.45, 2.75) is 77.4 Å². The summed E-state index contributed by atoms with van der Waals surface area (Å²) in [4.78, 5) is 0. The van der Waals surface area contributed by atoms with Crippen LogP contribution in [0.5, 0.6) is 11.5 Å². The second-order valence-electron chi connectivity index (χ2n) is 9.88. The molecule has 0 bridgehead atoms. The van der Waals surface area contributed by atoms with Gasteiger partial charge in [0.05, 0.1) is 26.4 Å². The van der Waals surface area contributed by atoms with Gasteiger partial charge in [0.25, 0.3) is 0 Å². The Balaban J connectivity index is 1.21. The molecule has 180 valence electrons. The van der Waals surface area contributed by atoms with Crippen LogP contribution >= 0.6 is 0 Å². The summed E-state index contributed by atoms with van der Waals surface area (Å²) in [6.45, 7) is 4.44. The summed E-state index contributed by atoms with van der Waals surface area (Å²) in [6, 6.07) is 3.00. The van der Waals surface area contributed by atoms with Crippen LogP contribution in [0.15, 0.2) is 12.1 Å². The maximum absolute atomic E-state index is 14.6. The molecule has 0 aromatic heterocycles. The van der Waals surface area contributed by atoms with Crippen LogP contribution < -0.4 is 9.47 Å². The van der Waals surface area contributed by atoms with E-state index in [1.165, 1.54) is 37.8 Å². The van der Waals surface area contributed by atoms with Crippen molar-refractivity contribution in [3.8, 4) is 11.5 Å². The first-order valence-corrected chi connectivity index (χ1v) is 12.6. The molecule has 0 amide bonds. The molecule has 1 aromatic carbocycles. The molecular formula is C26H38F2O4. The van der Waals surface area contributed by atoms with Gasteiger partial charge in [-0.15, -0.1) is 0 Å². The highest BCUT2D eigenvalue weighted by atomic mass is 19.2. The van der Waals surface area contributed by atoms with E-state index in [4.69, 9.17) is 18.9 Å². The van der Waals surface area contributed by atoms with Gasteiger partial charge in [-0.25, -0.2) is 0 Å². The van der Waals surface area contributed by atoms with E-state index in [9.17, 15) is 8.78 Å². The molecule has 6 heteroatoms. The first-order valence-electron chi connectivity index (χ1n) is 12.6. The summed E-state index contributed by atoms with van der Waals surface area (Å²) in [5.74, 6) is 0.0898. The molecule has 1 heterocycles. The summed E-state index contributed by atoms with van der Waals surface area (Å²) in [6.07, 6.45) is 11.1. The molecule has 3 aliphatic rings. The van der Waals surface area contributed by atoms with Crippen molar-refractivity contribution in [3.63, 3.8) is 0 Å². The standard InChI is InChI=1S/C26H38F2O4/c1-2-3-18-4-6-19(7-5-18)16-31-22-12-13-23(25(28)24(22)27)32-17-20-8-10-21(11-9-20)26-29-14-15-30-26/h12-13,18-21,26H,2-11,14-17H2,1H3. The molecule has 2 aliphatic carbocycles. The molecule has 1 aromatic rings. The molecule has 1 aliphatic heterocycles. The maximum atomic E-state index is 14.6. The van der Waals surface area contributed by atoms with E-state index in [1.807, 2.05) is 0 Å². The van der Waals surface area contributed by atoms with Gasteiger partial charge in [0.15, 0.2) is 17.8 Å². The van der Waals surface area contributed by atoms with Crippen LogP contribution in [0.4, 0.5) is 8.78 Å². The lowest BCUT2D eigenvalue weighted by Gasteiger charge is -2.30. The van der Waals surface area contributed by atoms with Gasteiger partial charge in [0.2, 0.25) is 11.6 Å². The van der Waals surface area contributed by atoms with E-state index in [2.05, 4.69) is 6.92 Å². The Morgan fingerprint density at radius 1 is 0.750 bits per heavy atom. The van der Waals surface area contributed by atoms with Crippen LogP contribution in [-0.4, -0.2) is 32.7 Å². The molecule has 0 N–H and O–H groups in total. The monoisotopic (exact) mass is 452 g/mol. The first-order chi connectivity index (χ1) is 15.6. The van der Waals surface area contributed by atoms with Crippen LogP contribution in [0.25, 0.3) is 0 Å². The highest BCUT2D eigenvalue weighted by molar-refractivity contribution is 5.35. The van der Waals surface area contributed by atoms with Gasteiger partial charge < -0.3 is 18.9 Å². The second-order valence-corrected chi connectivity index (χ2v) is 9.88. The Morgan fingerprint density at radius 3 is 1.72 bits per heavy atom. The van der Waals surface area contributed by atoms with Crippen molar-refractivity contribution in [2.24, 2.45) is 23.7 Å². The third-order valence-corrected chi connectivity index (χ3v) is 7.55. The van der Waals surface area contributed by atoms with E-state index in [-0.39, 0.29) is 17.8 Å². The molecule has 4 rings (SSSR count). The molecule has 3 fully saturated rings. The van der Waals surface area contributed by atoms with Gasteiger partial charge >= 0.3 is 0 Å². The molecule has 2 saturated carbocycles. The van der Waals surface area contributed by atoms with E-state index in [0.29, 0.717) is 44.2 Å². The number of hydrogen-bond acceptors (Lipinski definition) is 4.